The van der Waals surface area contributed by atoms with Gasteiger partial charge in [0.1, 0.15) is 48.8 Å². The summed E-state index contributed by atoms with van der Waals surface area (Å²) in [6.07, 6.45) is 27.5. The van der Waals surface area contributed by atoms with Crippen molar-refractivity contribution in [1.29, 1.82) is 0 Å². The summed E-state index contributed by atoms with van der Waals surface area (Å²) in [5.41, 5.74) is 14.8. The van der Waals surface area contributed by atoms with Crippen LogP contribution in [0.2, 0.25) is 0 Å². The standard InChI is InChI=1S/C67H112O17P2/c1-13-47(2)24-14-25-48(3)26-15-27-49(4)28-16-29-50(5)30-17-31-51(6)32-18-33-52(7)34-19-35-53(8)36-20-37-54(9)38-21-39-55(10)40-22-41-56(11)42-23-43-57(12)46-79-85(75,76)84-86(77,78)83-67-64(74)65(61(71)59(45-69)81-67)82-66-63(73)62(72)60(70)58(44-68)80-66/h13,25,27,29,31,33,35,37,39,41,43,58-74H,14-24,26,28,30,32,34,36,38,40,42,44-46H2,1-12H3,(H,75,76)(H,77,78)/b47-13-,48-25-,49-27-,50-29-,51-31-,52-33-,53-35-,54-37-,55-39+,56-41+,57-43+/t58-,59-,60-,61+,62+,63-,64-,65+,66+,67-/m1/s1. The number of phosphoric acid groups is 2. The van der Waals surface area contributed by atoms with Gasteiger partial charge in [0.05, 0.1) is 19.8 Å². The topological polar surface area (TPSA) is 272 Å². The van der Waals surface area contributed by atoms with Gasteiger partial charge in [0.25, 0.3) is 0 Å². The maximum absolute atomic E-state index is 12.9. The van der Waals surface area contributed by atoms with Crippen molar-refractivity contribution in [2.75, 3.05) is 19.8 Å². The summed E-state index contributed by atoms with van der Waals surface area (Å²) in [6, 6.07) is 0. The summed E-state index contributed by atoms with van der Waals surface area (Å²) in [5, 5.41) is 71.3. The van der Waals surface area contributed by atoms with Gasteiger partial charge in [0.15, 0.2) is 12.6 Å². The smallest absolute Gasteiger partial charge is 0.394 e. The second-order valence-corrected chi connectivity index (χ2v) is 26.9. The predicted molar refractivity (Wildman–Crippen MR) is 344 cm³/mol. The number of phosphoric ester groups is 2. The molecule has 0 aromatic rings. The highest BCUT2D eigenvalue weighted by Crippen LogP contribution is 2.61. The van der Waals surface area contributed by atoms with Crippen LogP contribution >= 0.6 is 15.6 Å². The molecule has 17 nitrogen and oxygen atoms in total. The SMILES string of the molecule is C/C=C(/C)CC/C=C(/C)CC/C=C(/C)CC/C=C(/C)CC/C=C(/C)CC/C=C(/C)CC/C=C(/C)CC/C=C(/C)CC/C=C(\C)CC/C=C(\C)CC/C=C(\C)COP(=O)(O)OP(=O)(O)O[C@H]1O[C@H](CO)[C@H](O)[C@H](O[C@@H]2O[C@H](CO)[C@@H](O)[C@H](O)[C@H]2O)[C@H]1O. The molecule has 9 N–H and O–H groups in total. The lowest BCUT2D eigenvalue weighted by Gasteiger charge is -2.45. The van der Waals surface area contributed by atoms with Crippen molar-refractivity contribution in [2.24, 2.45) is 0 Å². The monoisotopic (exact) mass is 1250 g/mol. The molecule has 2 rings (SSSR count). The van der Waals surface area contributed by atoms with Gasteiger partial charge >= 0.3 is 15.6 Å². The lowest BCUT2D eigenvalue weighted by atomic mass is 9.97. The Balaban J connectivity index is 1.65. The van der Waals surface area contributed by atoms with Crippen molar-refractivity contribution in [3.05, 3.63) is 128 Å². The quantitative estimate of drug-likeness (QED) is 0.0203. The molecule has 0 radical (unpaired) electrons. The van der Waals surface area contributed by atoms with Gasteiger partial charge in [0.2, 0.25) is 0 Å². The van der Waals surface area contributed by atoms with Gasteiger partial charge in [-0.15, -0.1) is 0 Å². The van der Waals surface area contributed by atoms with Crippen molar-refractivity contribution >= 4 is 15.6 Å². The third kappa shape index (κ3) is 33.7. The summed E-state index contributed by atoms with van der Waals surface area (Å²) >= 11 is 0. The van der Waals surface area contributed by atoms with E-state index in [0.29, 0.717) is 12.0 Å². The minimum Gasteiger partial charge on any atom is -0.394 e. The van der Waals surface area contributed by atoms with Crippen LogP contribution in [0.25, 0.3) is 0 Å². The number of ether oxygens (including phenoxy) is 3. The van der Waals surface area contributed by atoms with E-state index >= 15 is 0 Å². The van der Waals surface area contributed by atoms with Crippen LogP contribution in [0.15, 0.2) is 128 Å². The molecule has 2 aliphatic rings. The summed E-state index contributed by atoms with van der Waals surface area (Å²) in [5.74, 6) is 0. The molecule has 0 amide bonds. The fourth-order valence-electron chi connectivity index (χ4n) is 9.71. The van der Waals surface area contributed by atoms with E-state index < -0.39 is 96.9 Å². The van der Waals surface area contributed by atoms with Gasteiger partial charge < -0.3 is 59.7 Å². The van der Waals surface area contributed by atoms with Crippen LogP contribution in [0.5, 0.6) is 0 Å². The lowest BCUT2D eigenvalue weighted by molar-refractivity contribution is -0.353. The van der Waals surface area contributed by atoms with E-state index in [4.69, 9.17) is 23.3 Å². The average molecular weight is 1250 g/mol. The zero-order valence-electron chi connectivity index (χ0n) is 54.1. The van der Waals surface area contributed by atoms with Crippen LogP contribution in [0, 0.1) is 0 Å². The second kappa shape index (κ2) is 42.9. The number of hydrogen-bond acceptors (Lipinski definition) is 15. The molecular weight excluding hydrogens is 1140 g/mol. The third-order valence-electron chi connectivity index (χ3n) is 15.7. The zero-order valence-corrected chi connectivity index (χ0v) is 55.9. The van der Waals surface area contributed by atoms with E-state index in [0.717, 1.165) is 122 Å². The minimum atomic E-state index is -5.61. The van der Waals surface area contributed by atoms with E-state index in [2.05, 4.69) is 134 Å². The Bertz CT molecular complexity index is 2460. The molecule has 2 fully saturated rings. The van der Waals surface area contributed by atoms with E-state index in [-0.39, 0.29) is 0 Å². The molecule has 0 bridgehead atoms. The maximum Gasteiger partial charge on any atom is 0.483 e. The van der Waals surface area contributed by atoms with Gasteiger partial charge in [-0.25, -0.2) is 9.13 Å². The van der Waals surface area contributed by atoms with E-state index in [1.54, 1.807) is 13.0 Å². The second-order valence-electron chi connectivity index (χ2n) is 23.9. The normalized spacial score (nSPS) is 26.5. The Morgan fingerprint density at radius 1 is 0.384 bits per heavy atom. The van der Waals surface area contributed by atoms with Gasteiger partial charge in [0, 0.05) is 0 Å². The number of rotatable bonds is 41. The van der Waals surface area contributed by atoms with Gasteiger partial charge in [-0.3, -0.25) is 9.05 Å². The van der Waals surface area contributed by atoms with Crippen molar-refractivity contribution in [1.82, 2.24) is 0 Å². The molecule has 0 aromatic heterocycles. The lowest BCUT2D eigenvalue weighted by Crippen LogP contribution is -2.64. The first-order valence-electron chi connectivity index (χ1n) is 31.1. The van der Waals surface area contributed by atoms with Crippen molar-refractivity contribution in [3.8, 4) is 0 Å². The first-order chi connectivity index (χ1) is 40.6. The summed E-state index contributed by atoms with van der Waals surface area (Å²) < 4.78 is 55.6. The summed E-state index contributed by atoms with van der Waals surface area (Å²) in [4.78, 5) is 20.7. The third-order valence-corrected chi connectivity index (χ3v) is 18.2. The van der Waals surface area contributed by atoms with Crippen molar-refractivity contribution in [3.63, 3.8) is 0 Å². The molecule has 2 heterocycles. The molecule has 0 saturated carbocycles. The van der Waals surface area contributed by atoms with Crippen LogP contribution in [0.4, 0.5) is 0 Å². The van der Waals surface area contributed by atoms with Crippen molar-refractivity contribution < 1.29 is 82.2 Å². The largest absolute Gasteiger partial charge is 0.483 e. The Labute approximate surface area is 516 Å². The molecule has 2 saturated heterocycles. The Morgan fingerprint density at radius 2 is 0.674 bits per heavy atom. The molecule has 2 aliphatic heterocycles. The zero-order chi connectivity index (χ0) is 64.4. The number of aliphatic hydroxyl groups is 7. The molecule has 0 aliphatic carbocycles. The van der Waals surface area contributed by atoms with E-state index in [1.165, 1.54) is 55.7 Å². The van der Waals surface area contributed by atoms with Gasteiger partial charge in [-0.05, 0) is 212 Å². The minimum absolute atomic E-state index is 0.450. The molecule has 2 unspecified atom stereocenters. The first kappa shape index (κ1) is 79.1. The molecule has 0 spiro atoms. The number of aliphatic hydroxyl groups excluding tert-OH is 7. The van der Waals surface area contributed by atoms with E-state index in [9.17, 15) is 54.7 Å². The Morgan fingerprint density at radius 3 is 0.988 bits per heavy atom. The molecule has 86 heavy (non-hydrogen) atoms. The molecule has 492 valence electrons. The van der Waals surface area contributed by atoms with Gasteiger partial charge in [-0.2, -0.15) is 4.31 Å². The van der Waals surface area contributed by atoms with Crippen LogP contribution in [0.1, 0.15) is 212 Å². The fraction of sp³-hybridized carbons (Fsp3) is 0.672. The highest BCUT2D eigenvalue weighted by Gasteiger charge is 2.53. The van der Waals surface area contributed by atoms with E-state index in [1.807, 2.05) is 6.92 Å². The maximum atomic E-state index is 12.9. The fourth-order valence-corrected chi connectivity index (χ4v) is 11.9. The predicted octanol–water partition coefficient (Wildman–Crippen LogP) is 14.1. The highest BCUT2D eigenvalue weighted by atomic mass is 31.3. The molecule has 0 aromatic carbocycles. The Hall–Kier alpha value is -3.00. The number of allylic oxidation sites excluding steroid dienone is 21. The molecule has 12 atom stereocenters. The van der Waals surface area contributed by atoms with Crippen LogP contribution < -0.4 is 0 Å². The van der Waals surface area contributed by atoms with Crippen LogP contribution in [0.3, 0.4) is 0 Å². The first-order valence-corrected chi connectivity index (χ1v) is 34.1. The summed E-state index contributed by atoms with van der Waals surface area (Å²) in [6.45, 7) is 23.8. The van der Waals surface area contributed by atoms with Crippen molar-refractivity contribution in [2.45, 2.75) is 273 Å². The molecular formula is C67H112O17P2. The van der Waals surface area contributed by atoms with Gasteiger partial charge in [-0.1, -0.05) is 128 Å². The average Bonchev–Trinajstić information content (AvgIpc) is 1.51. The van der Waals surface area contributed by atoms with Crippen LogP contribution in [-0.4, -0.2) is 127 Å². The van der Waals surface area contributed by atoms with Crippen LogP contribution in [-0.2, 0) is 36.7 Å². The Kier molecular flexibility index (Phi) is 39.4. The summed E-state index contributed by atoms with van der Waals surface area (Å²) in [7, 11) is -10.9. The number of hydrogen-bond donors (Lipinski definition) is 9. The molecule has 19 heteroatoms. The highest BCUT2D eigenvalue weighted by molar-refractivity contribution is 7.61.